The van der Waals surface area contributed by atoms with Crippen LogP contribution in [0.5, 0.6) is 11.8 Å². The highest BCUT2D eigenvalue weighted by Crippen LogP contribution is 2.17. The van der Waals surface area contributed by atoms with Gasteiger partial charge in [-0.15, -0.1) is 0 Å². The van der Waals surface area contributed by atoms with Crippen molar-refractivity contribution in [3.8, 4) is 11.8 Å². The minimum atomic E-state index is 0.374. The monoisotopic (exact) mass is 243 g/mol. The highest BCUT2D eigenvalue weighted by atomic mass is 16.5. The maximum absolute atomic E-state index is 5.55. The molecule has 0 saturated carbocycles. The molecule has 1 aromatic heterocycles. The number of ether oxygens (including phenoxy) is 1. The minimum Gasteiger partial charge on any atom is -0.424 e. The maximum atomic E-state index is 5.55. The van der Waals surface area contributed by atoms with Gasteiger partial charge in [0.05, 0.1) is 0 Å². The molecular weight excluding hydrogens is 226 g/mol. The Hall–Kier alpha value is -1.94. The summed E-state index contributed by atoms with van der Waals surface area (Å²) in [5.74, 6) is 0.750. The fourth-order valence-electron chi connectivity index (χ4n) is 1.47. The molecule has 0 unspecified atom stereocenters. The first-order valence-corrected chi connectivity index (χ1v) is 6.04. The molecule has 0 atom stereocenters. The Morgan fingerprint density at radius 3 is 2.39 bits per heavy atom. The van der Waals surface area contributed by atoms with E-state index in [4.69, 9.17) is 4.74 Å². The topological polar surface area (TPSA) is 47.0 Å². The lowest BCUT2D eigenvalue weighted by Gasteiger charge is -2.05. The molecule has 2 aromatic rings. The fourth-order valence-corrected chi connectivity index (χ4v) is 1.47. The minimum absolute atomic E-state index is 0.374. The van der Waals surface area contributed by atoms with Crippen molar-refractivity contribution < 1.29 is 4.74 Å². The summed E-state index contributed by atoms with van der Waals surface area (Å²) >= 11 is 0. The molecule has 94 valence electrons. The van der Waals surface area contributed by atoms with Crippen molar-refractivity contribution in [3.63, 3.8) is 0 Å². The van der Waals surface area contributed by atoms with E-state index in [9.17, 15) is 0 Å². The van der Waals surface area contributed by atoms with E-state index in [-0.39, 0.29) is 0 Å². The van der Waals surface area contributed by atoms with Crippen LogP contribution in [0.25, 0.3) is 0 Å². The molecule has 18 heavy (non-hydrogen) atoms. The van der Waals surface area contributed by atoms with Crippen LogP contribution in [0.15, 0.2) is 36.7 Å². The van der Waals surface area contributed by atoms with E-state index >= 15 is 0 Å². The zero-order valence-electron chi connectivity index (χ0n) is 10.7. The molecule has 0 aliphatic rings. The highest BCUT2D eigenvalue weighted by Gasteiger charge is 2.00. The number of rotatable bonds is 5. The molecule has 0 amide bonds. The van der Waals surface area contributed by atoms with Gasteiger partial charge in [0.1, 0.15) is 5.75 Å². The maximum Gasteiger partial charge on any atom is 0.321 e. The molecule has 0 radical (unpaired) electrons. The van der Waals surface area contributed by atoms with E-state index in [1.807, 2.05) is 31.2 Å². The third kappa shape index (κ3) is 3.53. The Labute approximate surface area is 107 Å². The molecule has 0 spiro atoms. The number of nitrogens with one attached hydrogen (secondary N) is 1. The standard InChI is InChI=1S/C14H17N3O/c1-3-15-8-12-9-16-14(17-10-12)18-13-6-4-11(2)5-7-13/h4-7,9-10,15H,3,8H2,1-2H3. The van der Waals surface area contributed by atoms with Gasteiger partial charge in [-0.05, 0) is 25.6 Å². The van der Waals surface area contributed by atoms with Gasteiger partial charge < -0.3 is 10.1 Å². The van der Waals surface area contributed by atoms with E-state index < -0.39 is 0 Å². The quantitative estimate of drug-likeness (QED) is 0.877. The van der Waals surface area contributed by atoms with Crippen molar-refractivity contribution in [2.24, 2.45) is 0 Å². The third-order valence-electron chi connectivity index (χ3n) is 2.49. The molecular formula is C14H17N3O. The van der Waals surface area contributed by atoms with Crippen LogP contribution in [0.1, 0.15) is 18.1 Å². The van der Waals surface area contributed by atoms with Crippen LogP contribution >= 0.6 is 0 Å². The highest BCUT2D eigenvalue weighted by molar-refractivity contribution is 5.28. The first-order valence-electron chi connectivity index (χ1n) is 6.04. The lowest BCUT2D eigenvalue weighted by Crippen LogP contribution is -2.12. The molecule has 1 aromatic carbocycles. The van der Waals surface area contributed by atoms with Crippen LogP contribution in [-0.2, 0) is 6.54 Å². The molecule has 0 saturated heterocycles. The molecule has 4 heteroatoms. The Kier molecular flexibility index (Phi) is 4.25. The van der Waals surface area contributed by atoms with Gasteiger partial charge in [0.2, 0.25) is 0 Å². The van der Waals surface area contributed by atoms with Gasteiger partial charge in [0.25, 0.3) is 0 Å². The average Bonchev–Trinajstić information content (AvgIpc) is 2.41. The zero-order valence-corrected chi connectivity index (χ0v) is 10.7. The third-order valence-corrected chi connectivity index (χ3v) is 2.49. The fraction of sp³-hybridized carbons (Fsp3) is 0.286. The normalized spacial score (nSPS) is 10.3. The van der Waals surface area contributed by atoms with Gasteiger partial charge in [-0.2, -0.15) is 0 Å². The van der Waals surface area contributed by atoms with Crippen molar-refractivity contribution in [2.75, 3.05) is 6.54 Å². The molecule has 1 heterocycles. The Morgan fingerprint density at radius 2 is 1.78 bits per heavy atom. The molecule has 0 fully saturated rings. The summed E-state index contributed by atoms with van der Waals surface area (Å²) in [6.45, 7) is 5.81. The number of aryl methyl sites for hydroxylation is 1. The van der Waals surface area contributed by atoms with Crippen molar-refractivity contribution in [1.82, 2.24) is 15.3 Å². The van der Waals surface area contributed by atoms with Gasteiger partial charge in [0.15, 0.2) is 0 Å². The number of aromatic nitrogens is 2. The average molecular weight is 243 g/mol. The molecule has 0 bridgehead atoms. The molecule has 1 N–H and O–H groups in total. The lowest BCUT2D eigenvalue weighted by molar-refractivity contribution is 0.440. The SMILES string of the molecule is CCNCc1cnc(Oc2ccc(C)cc2)nc1. The van der Waals surface area contributed by atoms with Crippen LogP contribution in [-0.4, -0.2) is 16.5 Å². The van der Waals surface area contributed by atoms with Crippen molar-refractivity contribution in [1.29, 1.82) is 0 Å². The van der Waals surface area contributed by atoms with Crippen molar-refractivity contribution in [2.45, 2.75) is 20.4 Å². The summed E-state index contributed by atoms with van der Waals surface area (Å²) in [6.07, 6.45) is 3.55. The molecule has 4 nitrogen and oxygen atoms in total. The van der Waals surface area contributed by atoms with Crippen molar-refractivity contribution in [3.05, 3.63) is 47.8 Å². The largest absolute Gasteiger partial charge is 0.424 e. The number of nitrogens with zero attached hydrogens (tertiary/aromatic N) is 2. The molecule has 0 aliphatic heterocycles. The summed E-state index contributed by atoms with van der Waals surface area (Å²) in [6, 6.07) is 8.18. The van der Waals surface area contributed by atoms with E-state index in [1.54, 1.807) is 12.4 Å². The summed E-state index contributed by atoms with van der Waals surface area (Å²) in [7, 11) is 0. The smallest absolute Gasteiger partial charge is 0.321 e. The second-order valence-corrected chi connectivity index (χ2v) is 4.07. The number of hydrogen-bond donors (Lipinski definition) is 1. The van der Waals surface area contributed by atoms with Gasteiger partial charge in [-0.1, -0.05) is 24.6 Å². The van der Waals surface area contributed by atoms with E-state index in [0.29, 0.717) is 6.01 Å². The lowest BCUT2D eigenvalue weighted by atomic mass is 10.2. The second-order valence-electron chi connectivity index (χ2n) is 4.07. The van der Waals surface area contributed by atoms with Gasteiger partial charge in [-0.3, -0.25) is 0 Å². The zero-order chi connectivity index (χ0) is 12.8. The summed E-state index contributed by atoms with van der Waals surface area (Å²) in [5, 5.41) is 3.22. The predicted octanol–water partition coefficient (Wildman–Crippen LogP) is 2.69. The van der Waals surface area contributed by atoms with Crippen LogP contribution in [0.3, 0.4) is 0 Å². The predicted molar refractivity (Wildman–Crippen MR) is 70.7 cm³/mol. The van der Waals surface area contributed by atoms with Crippen molar-refractivity contribution >= 4 is 0 Å². The van der Waals surface area contributed by atoms with E-state index in [0.717, 1.165) is 24.4 Å². The van der Waals surface area contributed by atoms with Gasteiger partial charge in [0, 0.05) is 24.5 Å². The van der Waals surface area contributed by atoms with Crippen LogP contribution < -0.4 is 10.1 Å². The number of hydrogen-bond acceptors (Lipinski definition) is 4. The van der Waals surface area contributed by atoms with Crippen LogP contribution in [0.4, 0.5) is 0 Å². The summed E-state index contributed by atoms with van der Waals surface area (Å²) < 4.78 is 5.55. The summed E-state index contributed by atoms with van der Waals surface area (Å²) in [5.41, 5.74) is 2.25. The van der Waals surface area contributed by atoms with Gasteiger partial charge >= 0.3 is 6.01 Å². The first kappa shape index (κ1) is 12.5. The van der Waals surface area contributed by atoms with E-state index in [2.05, 4.69) is 22.2 Å². The first-order chi connectivity index (χ1) is 8.78. The van der Waals surface area contributed by atoms with E-state index in [1.165, 1.54) is 5.56 Å². The van der Waals surface area contributed by atoms with Crippen LogP contribution in [0, 0.1) is 6.92 Å². The second kappa shape index (κ2) is 6.12. The Bertz CT molecular complexity index is 479. The molecule has 0 aliphatic carbocycles. The van der Waals surface area contributed by atoms with Crippen LogP contribution in [0.2, 0.25) is 0 Å². The molecule has 2 rings (SSSR count). The number of benzene rings is 1. The Balaban J connectivity index is 1.99. The van der Waals surface area contributed by atoms with Gasteiger partial charge in [-0.25, -0.2) is 9.97 Å². The Morgan fingerprint density at radius 1 is 1.11 bits per heavy atom. The summed E-state index contributed by atoms with van der Waals surface area (Å²) in [4.78, 5) is 8.35.